The summed E-state index contributed by atoms with van der Waals surface area (Å²) in [6, 6.07) is 13.6. The molecule has 1 N–H and O–H groups in total. The number of rotatable bonds is 6. The van der Waals surface area contributed by atoms with Crippen LogP contribution in [-0.2, 0) is 22.6 Å². The van der Waals surface area contributed by atoms with Crippen molar-refractivity contribution in [2.45, 2.75) is 26.3 Å². The zero-order valence-electron chi connectivity index (χ0n) is 15.5. The summed E-state index contributed by atoms with van der Waals surface area (Å²) >= 11 is 3.42. The van der Waals surface area contributed by atoms with Crippen molar-refractivity contribution in [3.05, 3.63) is 58.1 Å². The van der Waals surface area contributed by atoms with E-state index in [1.54, 1.807) is 12.0 Å². The van der Waals surface area contributed by atoms with Crippen LogP contribution in [0.4, 0.5) is 5.69 Å². The molecule has 0 spiro atoms. The minimum absolute atomic E-state index is 0.141. The number of carbonyl (C=O) groups excluding carboxylic acids is 2. The molecule has 142 valence electrons. The molecule has 0 bridgehead atoms. The van der Waals surface area contributed by atoms with E-state index in [-0.39, 0.29) is 11.8 Å². The molecule has 1 heterocycles. The lowest BCUT2D eigenvalue weighted by Gasteiger charge is -2.17. The van der Waals surface area contributed by atoms with E-state index in [9.17, 15) is 9.59 Å². The summed E-state index contributed by atoms with van der Waals surface area (Å²) in [5, 5.41) is 2.88. The third-order valence-corrected chi connectivity index (χ3v) is 5.37. The molecule has 1 atom stereocenters. The first kappa shape index (κ1) is 19.4. The monoisotopic (exact) mass is 430 g/mol. The Morgan fingerprint density at radius 2 is 2.00 bits per heavy atom. The Morgan fingerprint density at radius 1 is 1.26 bits per heavy atom. The first-order chi connectivity index (χ1) is 13.0. The van der Waals surface area contributed by atoms with E-state index in [0.717, 1.165) is 22.1 Å². The number of benzene rings is 2. The molecule has 2 aromatic carbocycles. The van der Waals surface area contributed by atoms with Crippen molar-refractivity contribution in [2.75, 3.05) is 18.6 Å². The van der Waals surface area contributed by atoms with Gasteiger partial charge in [0.2, 0.25) is 11.8 Å². The smallest absolute Gasteiger partial charge is 0.239 e. The fourth-order valence-electron chi connectivity index (χ4n) is 3.28. The van der Waals surface area contributed by atoms with Crippen molar-refractivity contribution in [2.24, 2.45) is 5.92 Å². The minimum atomic E-state index is -0.644. The number of aryl methyl sites for hydroxylation is 1. The zero-order valence-corrected chi connectivity index (χ0v) is 17.1. The van der Waals surface area contributed by atoms with Gasteiger partial charge in [-0.25, -0.2) is 0 Å². The van der Waals surface area contributed by atoms with Gasteiger partial charge in [0.25, 0.3) is 0 Å². The molecular formula is C21H23BrN2O3. The van der Waals surface area contributed by atoms with Crippen LogP contribution in [0.1, 0.15) is 24.5 Å². The molecule has 1 fully saturated rings. The second-order valence-corrected chi connectivity index (χ2v) is 7.44. The predicted octanol–water partition coefficient (Wildman–Crippen LogP) is 3.69. The van der Waals surface area contributed by atoms with Crippen LogP contribution in [0, 0.1) is 5.92 Å². The molecule has 0 unspecified atom stereocenters. The molecule has 0 radical (unpaired) electrons. The lowest BCUT2D eigenvalue weighted by molar-refractivity contribution is -0.132. The number of anilines is 1. The van der Waals surface area contributed by atoms with Crippen LogP contribution in [0.25, 0.3) is 0 Å². The van der Waals surface area contributed by atoms with Crippen molar-refractivity contribution in [3.63, 3.8) is 0 Å². The topological polar surface area (TPSA) is 58.6 Å². The number of carbonyl (C=O) groups is 2. The van der Waals surface area contributed by atoms with Crippen LogP contribution < -0.4 is 15.0 Å². The van der Waals surface area contributed by atoms with Crippen molar-refractivity contribution >= 4 is 33.4 Å². The SMILES string of the molecule is CCc1ccc(N2CC[C@@H](C(=O)NCc3cc(Br)ccc3OC)C2=O)cc1. The summed E-state index contributed by atoms with van der Waals surface area (Å²) in [6.45, 7) is 2.97. The molecule has 1 saturated heterocycles. The van der Waals surface area contributed by atoms with Gasteiger partial charge in [-0.15, -0.1) is 0 Å². The highest BCUT2D eigenvalue weighted by Crippen LogP contribution is 2.27. The summed E-state index contributed by atoms with van der Waals surface area (Å²) in [6.07, 6.45) is 1.48. The number of amides is 2. The van der Waals surface area contributed by atoms with Crippen LogP contribution in [0.15, 0.2) is 46.9 Å². The van der Waals surface area contributed by atoms with Gasteiger partial charge in [0.05, 0.1) is 7.11 Å². The number of hydrogen-bond acceptors (Lipinski definition) is 3. The summed E-state index contributed by atoms with van der Waals surface area (Å²) in [7, 11) is 1.59. The van der Waals surface area contributed by atoms with Gasteiger partial charge in [-0.05, 0) is 48.7 Å². The number of nitrogens with zero attached hydrogens (tertiary/aromatic N) is 1. The Balaban J connectivity index is 1.64. The largest absolute Gasteiger partial charge is 0.496 e. The van der Waals surface area contributed by atoms with Gasteiger partial charge in [0.1, 0.15) is 11.7 Å². The Hall–Kier alpha value is -2.34. The van der Waals surface area contributed by atoms with Gasteiger partial charge in [0, 0.05) is 28.8 Å². The Morgan fingerprint density at radius 3 is 2.67 bits per heavy atom. The summed E-state index contributed by atoms with van der Waals surface area (Å²) in [4.78, 5) is 27.0. The van der Waals surface area contributed by atoms with Crippen molar-refractivity contribution in [3.8, 4) is 5.75 Å². The average molecular weight is 431 g/mol. The van der Waals surface area contributed by atoms with Crippen LogP contribution >= 0.6 is 15.9 Å². The summed E-state index contributed by atoms with van der Waals surface area (Å²) in [5.74, 6) is -0.324. The second-order valence-electron chi connectivity index (χ2n) is 6.53. The molecule has 5 nitrogen and oxygen atoms in total. The normalized spacial score (nSPS) is 16.5. The van der Waals surface area contributed by atoms with Crippen LogP contribution in [0.2, 0.25) is 0 Å². The number of ether oxygens (including phenoxy) is 1. The Labute approximate surface area is 167 Å². The number of halogens is 1. The van der Waals surface area contributed by atoms with Crippen LogP contribution in [0.3, 0.4) is 0 Å². The van der Waals surface area contributed by atoms with Gasteiger partial charge in [0.15, 0.2) is 0 Å². The lowest BCUT2D eigenvalue weighted by Crippen LogP contribution is -2.36. The van der Waals surface area contributed by atoms with Crippen molar-refractivity contribution in [1.29, 1.82) is 0 Å². The molecule has 3 rings (SSSR count). The molecule has 1 aliphatic heterocycles. The first-order valence-electron chi connectivity index (χ1n) is 9.04. The maximum atomic E-state index is 12.7. The van der Waals surface area contributed by atoms with Crippen molar-refractivity contribution in [1.82, 2.24) is 5.32 Å². The van der Waals surface area contributed by atoms with E-state index in [2.05, 4.69) is 28.2 Å². The highest BCUT2D eigenvalue weighted by Gasteiger charge is 2.37. The number of hydrogen-bond donors (Lipinski definition) is 1. The van der Waals surface area contributed by atoms with Gasteiger partial charge >= 0.3 is 0 Å². The third kappa shape index (κ3) is 4.33. The zero-order chi connectivity index (χ0) is 19.4. The van der Waals surface area contributed by atoms with Gasteiger partial charge in [-0.1, -0.05) is 35.0 Å². The Bertz CT molecular complexity index is 836. The number of methoxy groups -OCH3 is 1. The lowest BCUT2D eigenvalue weighted by atomic mass is 10.1. The third-order valence-electron chi connectivity index (χ3n) is 4.87. The van der Waals surface area contributed by atoms with Crippen LogP contribution in [0.5, 0.6) is 5.75 Å². The fraction of sp³-hybridized carbons (Fsp3) is 0.333. The maximum absolute atomic E-state index is 12.7. The molecule has 2 amide bonds. The quantitative estimate of drug-likeness (QED) is 0.710. The summed E-state index contributed by atoms with van der Waals surface area (Å²) in [5.41, 5.74) is 2.93. The molecule has 27 heavy (non-hydrogen) atoms. The molecule has 6 heteroatoms. The van der Waals surface area contributed by atoms with E-state index >= 15 is 0 Å². The highest BCUT2D eigenvalue weighted by molar-refractivity contribution is 9.10. The predicted molar refractivity (Wildman–Crippen MR) is 109 cm³/mol. The molecule has 0 aromatic heterocycles. The van der Waals surface area contributed by atoms with E-state index in [0.29, 0.717) is 25.3 Å². The van der Waals surface area contributed by atoms with Gasteiger partial charge in [-0.3, -0.25) is 9.59 Å². The molecular weight excluding hydrogens is 408 g/mol. The highest BCUT2D eigenvalue weighted by atomic mass is 79.9. The maximum Gasteiger partial charge on any atom is 0.239 e. The number of nitrogens with one attached hydrogen (secondary N) is 1. The van der Waals surface area contributed by atoms with E-state index < -0.39 is 5.92 Å². The van der Waals surface area contributed by atoms with Crippen molar-refractivity contribution < 1.29 is 14.3 Å². The van der Waals surface area contributed by atoms with E-state index in [1.807, 2.05) is 42.5 Å². The second kappa shape index (κ2) is 8.57. The van der Waals surface area contributed by atoms with E-state index in [1.165, 1.54) is 5.56 Å². The molecule has 1 aliphatic rings. The van der Waals surface area contributed by atoms with Crippen LogP contribution in [-0.4, -0.2) is 25.5 Å². The summed E-state index contributed by atoms with van der Waals surface area (Å²) < 4.78 is 6.23. The fourth-order valence-corrected chi connectivity index (χ4v) is 3.69. The molecule has 2 aromatic rings. The minimum Gasteiger partial charge on any atom is -0.496 e. The van der Waals surface area contributed by atoms with Gasteiger partial charge in [-0.2, -0.15) is 0 Å². The van der Waals surface area contributed by atoms with E-state index in [4.69, 9.17) is 4.74 Å². The molecule has 0 aliphatic carbocycles. The van der Waals surface area contributed by atoms with Gasteiger partial charge < -0.3 is 15.0 Å². The standard InChI is InChI=1S/C21H23BrN2O3/c1-3-14-4-7-17(8-5-14)24-11-10-18(21(24)26)20(25)23-13-15-12-16(22)6-9-19(15)27-2/h4-9,12,18H,3,10-11,13H2,1-2H3,(H,23,25)/t18-/m0/s1. The Kier molecular flexibility index (Phi) is 6.16. The first-order valence-corrected chi connectivity index (χ1v) is 9.83. The molecule has 0 saturated carbocycles. The average Bonchev–Trinajstić information content (AvgIpc) is 3.07.